The third-order valence-electron chi connectivity index (χ3n) is 4.58. The van der Waals surface area contributed by atoms with Gasteiger partial charge in [0.25, 0.3) is 0 Å². The molecule has 1 aromatic carbocycles. The predicted octanol–water partition coefficient (Wildman–Crippen LogP) is 2.43. The van der Waals surface area contributed by atoms with E-state index in [9.17, 15) is 13.2 Å². The van der Waals surface area contributed by atoms with Crippen LogP contribution in [-0.2, 0) is 27.6 Å². The zero-order chi connectivity index (χ0) is 17.3. The van der Waals surface area contributed by atoms with Crippen LogP contribution in [0.2, 0.25) is 0 Å². The highest BCUT2D eigenvalue weighted by molar-refractivity contribution is 7.90. The van der Waals surface area contributed by atoms with Crippen molar-refractivity contribution in [2.45, 2.75) is 37.2 Å². The van der Waals surface area contributed by atoms with Gasteiger partial charge in [-0.3, -0.25) is 4.79 Å². The fourth-order valence-electron chi connectivity index (χ4n) is 3.32. The first-order valence-electron chi connectivity index (χ1n) is 8.13. The number of fused-ring (bicyclic) bond motifs is 1. The number of hydrogen-bond donors (Lipinski definition) is 0. The number of amides is 1. The van der Waals surface area contributed by atoms with Gasteiger partial charge in [0, 0.05) is 31.2 Å². The number of carbonyl (C=O) groups is 1. The molecule has 0 saturated carbocycles. The SMILES string of the molecule is CCC1c2cccn2CCN1C(=O)Cc1ccc(S(C)(=O)=O)cc1. The Kier molecular flexibility index (Phi) is 4.49. The van der Waals surface area contributed by atoms with E-state index >= 15 is 0 Å². The van der Waals surface area contributed by atoms with E-state index in [1.165, 1.54) is 11.9 Å². The summed E-state index contributed by atoms with van der Waals surface area (Å²) in [4.78, 5) is 15.0. The molecule has 0 radical (unpaired) electrons. The van der Waals surface area contributed by atoms with Crippen molar-refractivity contribution in [3.05, 3.63) is 53.9 Å². The maximum absolute atomic E-state index is 12.7. The standard InChI is InChI=1S/C18H22N2O3S/c1-3-16-17-5-4-10-19(17)11-12-20(16)18(21)13-14-6-8-15(9-7-14)24(2,22)23/h4-10,16H,3,11-13H2,1-2H3. The van der Waals surface area contributed by atoms with Crippen LogP contribution in [0.3, 0.4) is 0 Å². The van der Waals surface area contributed by atoms with Gasteiger partial charge >= 0.3 is 0 Å². The summed E-state index contributed by atoms with van der Waals surface area (Å²) in [6.07, 6.45) is 4.41. The van der Waals surface area contributed by atoms with Crippen LogP contribution in [0.5, 0.6) is 0 Å². The van der Waals surface area contributed by atoms with E-state index in [1.807, 2.05) is 11.0 Å². The largest absolute Gasteiger partial charge is 0.348 e. The molecule has 5 nitrogen and oxygen atoms in total. The van der Waals surface area contributed by atoms with Gasteiger partial charge < -0.3 is 9.47 Å². The first-order chi connectivity index (χ1) is 11.4. The van der Waals surface area contributed by atoms with Gasteiger partial charge in [-0.25, -0.2) is 8.42 Å². The Bertz CT molecular complexity index is 837. The Morgan fingerprint density at radius 1 is 1.17 bits per heavy atom. The minimum Gasteiger partial charge on any atom is -0.348 e. The smallest absolute Gasteiger partial charge is 0.227 e. The van der Waals surface area contributed by atoms with Crippen LogP contribution in [0.15, 0.2) is 47.5 Å². The molecule has 2 heterocycles. The Hall–Kier alpha value is -2.08. The monoisotopic (exact) mass is 346 g/mol. The van der Waals surface area contributed by atoms with Crippen LogP contribution in [0.1, 0.15) is 30.6 Å². The van der Waals surface area contributed by atoms with Crippen molar-refractivity contribution in [2.24, 2.45) is 0 Å². The lowest BCUT2D eigenvalue weighted by Gasteiger charge is -2.36. The minimum absolute atomic E-state index is 0.0846. The highest BCUT2D eigenvalue weighted by Crippen LogP contribution is 2.29. The van der Waals surface area contributed by atoms with Gasteiger partial charge in [0.15, 0.2) is 9.84 Å². The minimum atomic E-state index is -3.21. The van der Waals surface area contributed by atoms with E-state index in [-0.39, 0.29) is 16.8 Å². The van der Waals surface area contributed by atoms with Crippen LogP contribution >= 0.6 is 0 Å². The third-order valence-corrected chi connectivity index (χ3v) is 5.71. The van der Waals surface area contributed by atoms with Crippen LogP contribution in [0, 0.1) is 0 Å². The van der Waals surface area contributed by atoms with Crippen molar-refractivity contribution >= 4 is 15.7 Å². The molecule has 6 heteroatoms. The van der Waals surface area contributed by atoms with Crippen molar-refractivity contribution in [3.8, 4) is 0 Å². The van der Waals surface area contributed by atoms with E-state index in [0.717, 1.165) is 18.5 Å². The number of aromatic nitrogens is 1. The molecule has 1 atom stereocenters. The van der Waals surface area contributed by atoms with Crippen molar-refractivity contribution < 1.29 is 13.2 Å². The molecular formula is C18H22N2O3S. The van der Waals surface area contributed by atoms with E-state index in [0.29, 0.717) is 13.0 Å². The Labute approximate surface area is 142 Å². The zero-order valence-corrected chi connectivity index (χ0v) is 14.8. The van der Waals surface area contributed by atoms with Crippen LogP contribution < -0.4 is 0 Å². The summed E-state index contributed by atoms with van der Waals surface area (Å²) in [5, 5.41) is 0. The summed E-state index contributed by atoms with van der Waals surface area (Å²) in [7, 11) is -3.21. The Balaban J connectivity index is 1.75. The third kappa shape index (κ3) is 3.24. The molecule has 2 aromatic rings. The maximum atomic E-state index is 12.7. The lowest BCUT2D eigenvalue weighted by molar-refractivity contribution is -0.134. The average molecular weight is 346 g/mol. The van der Waals surface area contributed by atoms with E-state index in [1.54, 1.807) is 24.3 Å². The van der Waals surface area contributed by atoms with Gasteiger partial charge in [-0.05, 0) is 36.2 Å². The summed E-state index contributed by atoms with van der Waals surface area (Å²) >= 11 is 0. The van der Waals surface area contributed by atoms with E-state index in [4.69, 9.17) is 0 Å². The van der Waals surface area contributed by atoms with E-state index < -0.39 is 9.84 Å². The fourth-order valence-corrected chi connectivity index (χ4v) is 3.95. The van der Waals surface area contributed by atoms with Crippen molar-refractivity contribution in [1.82, 2.24) is 9.47 Å². The quantitative estimate of drug-likeness (QED) is 0.854. The number of carbonyl (C=O) groups excluding carboxylic acids is 1. The zero-order valence-electron chi connectivity index (χ0n) is 14.0. The van der Waals surface area contributed by atoms with E-state index in [2.05, 4.69) is 23.8 Å². The second kappa shape index (κ2) is 6.43. The van der Waals surface area contributed by atoms with Gasteiger partial charge in [-0.15, -0.1) is 0 Å². The molecular weight excluding hydrogens is 324 g/mol. The second-order valence-electron chi connectivity index (χ2n) is 6.23. The highest BCUT2D eigenvalue weighted by atomic mass is 32.2. The second-order valence-corrected chi connectivity index (χ2v) is 8.25. The number of benzene rings is 1. The molecule has 1 unspecified atom stereocenters. The number of hydrogen-bond acceptors (Lipinski definition) is 3. The normalized spacial score (nSPS) is 17.6. The summed E-state index contributed by atoms with van der Waals surface area (Å²) in [5.74, 6) is 0.0846. The molecule has 1 aliphatic rings. The van der Waals surface area contributed by atoms with Crippen LogP contribution in [0.4, 0.5) is 0 Å². The molecule has 1 amide bonds. The van der Waals surface area contributed by atoms with Gasteiger partial charge in [0.05, 0.1) is 17.4 Å². The Morgan fingerprint density at radius 2 is 1.88 bits per heavy atom. The predicted molar refractivity (Wildman–Crippen MR) is 92.4 cm³/mol. The topological polar surface area (TPSA) is 59.4 Å². The number of rotatable bonds is 4. The maximum Gasteiger partial charge on any atom is 0.227 e. The van der Waals surface area contributed by atoms with Crippen LogP contribution in [-0.4, -0.2) is 36.6 Å². The highest BCUT2D eigenvalue weighted by Gasteiger charge is 2.29. The van der Waals surface area contributed by atoms with Crippen molar-refractivity contribution in [3.63, 3.8) is 0 Å². The molecule has 24 heavy (non-hydrogen) atoms. The van der Waals surface area contributed by atoms with Crippen molar-refractivity contribution in [1.29, 1.82) is 0 Å². The molecule has 1 aromatic heterocycles. The number of nitrogens with zero attached hydrogens (tertiary/aromatic N) is 2. The molecule has 0 saturated heterocycles. The van der Waals surface area contributed by atoms with Gasteiger partial charge in [0.2, 0.25) is 5.91 Å². The molecule has 0 aliphatic carbocycles. The summed E-state index contributed by atoms with van der Waals surface area (Å²) < 4.78 is 25.2. The molecule has 0 fully saturated rings. The first kappa shape index (κ1) is 16.8. The van der Waals surface area contributed by atoms with Crippen molar-refractivity contribution in [2.75, 3.05) is 12.8 Å². The number of sulfone groups is 1. The van der Waals surface area contributed by atoms with Gasteiger partial charge in [0.1, 0.15) is 0 Å². The lowest BCUT2D eigenvalue weighted by Crippen LogP contribution is -2.42. The Morgan fingerprint density at radius 3 is 2.50 bits per heavy atom. The molecule has 0 bridgehead atoms. The first-order valence-corrected chi connectivity index (χ1v) is 10.0. The molecule has 0 spiro atoms. The molecule has 128 valence electrons. The van der Waals surface area contributed by atoms with Gasteiger partial charge in [-0.2, -0.15) is 0 Å². The summed E-state index contributed by atoms with van der Waals surface area (Å²) in [6.45, 7) is 3.62. The molecule has 3 rings (SSSR count). The fraction of sp³-hybridized carbons (Fsp3) is 0.389. The lowest BCUT2D eigenvalue weighted by atomic mass is 10.0. The van der Waals surface area contributed by atoms with Crippen LogP contribution in [0.25, 0.3) is 0 Å². The summed E-state index contributed by atoms with van der Waals surface area (Å²) in [5.41, 5.74) is 2.02. The average Bonchev–Trinajstić information content (AvgIpc) is 3.02. The summed E-state index contributed by atoms with van der Waals surface area (Å²) in [6, 6.07) is 10.8. The molecule has 0 N–H and O–H groups in total. The van der Waals surface area contributed by atoms with Gasteiger partial charge in [-0.1, -0.05) is 19.1 Å². The molecule has 1 aliphatic heterocycles.